The van der Waals surface area contributed by atoms with Crippen molar-refractivity contribution in [2.24, 2.45) is 41.4 Å². The molecule has 4 aliphatic rings. The number of ether oxygens (including phenoxy) is 6. The van der Waals surface area contributed by atoms with Gasteiger partial charge >= 0.3 is 17.9 Å². The zero-order valence-corrected chi connectivity index (χ0v) is 44.2. The van der Waals surface area contributed by atoms with Crippen LogP contribution in [0.4, 0.5) is 0 Å². The standard InChI is InChI=1S/C55H83NO16/c1-32-16-12-11-13-17-33(2)47(67-9)28-42-21-19-37(6)55(66,72-42)52(63)53(64)56-23-15-14-18-44(56)54(65)71-48(35(4)25-40-20-22-46(69-38(7)59)49(27-40)68-10)29-45(61)34(3)26-41(30-57)51(70-39(8)60)43(31-58)50(62)36(5)24-32/h11-13,16-17,26,32,35-37,40-44,46-49,51,57-58,66H,14-15,18-25,27-31H2,1-10H3/b13-11?,16-12?,33-17?,34-26+/t32-,35-,36-,37-,40+,41?,42+,43+,44+,46-,47+,48+,49-,51-,55-/m1/s1. The number of carbonyl (C=O) groups is 7. The van der Waals surface area contributed by atoms with Gasteiger partial charge in [-0.15, -0.1) is 0 Å². The van der Waals surface area contributed by atoms with E-state index >= 15 is 0 Å². The van der Waals surface area contributed by atoms with Crippen molar-refractivity contribution in [3.8, 4) is 0 Å². The van der Waals surface area contributed by atoms with Gasteiger partial charge in [0.25, 0.3) is 11.7 Å². The van der Waals surface area contributed by atoms with Gasteiger partial charge in [0.05, 0.1) is 37.4 Å². The van der Waals surface area contributed by atoms with Crippen LogP contribution in [-0.4, -0.2) is 144 Å². The zero-order chi connectivity index (χ0) is 53.4. The molecule has 0 aromatic rings. The number of cyclic esters (lactones) is 1. The maximum Gasteiger partial charge on any atom is 0.329 e. The van der Waals surface area contributed by atoms with Gasteiger partial charge in [0.1, 0.15) is 30.1 Å². The van der Waals surface area contributed by atoms with E-state index < -0.39 is 121 Å². The van der Waals surface area contributed by atoms with E-state index in [1.807, 2.05) is 51.2 Å². The van der Waals surface area contributed by atoms with E-state index in [0.717, 1.165) is 17.4 Å². The Balaban J connectivity index is 1.77. The highest BCUT2D eigenvalue weighted by molar-refractivity contribution is 6.39. The lowest BCUT2D eigenvalue weighted by molar-refractivity contribution is -0.265. The summed E-state index contributed by atoms with van der Waals surface area (Å²) in [5.74, 6) is -11.8. The molecule has 1 amide bonds. The molecule has 2 saturated heterocycles. The Morgan fingerprint density at radius 2 is 1.56 bits per heavy atom. The molecule has 404 valence electrons. The predicted molar refractivity (Wildman–Crippen MR) is 265 cm³/mol. The molecule has 3 N–H and O–H groups in total. The molecule has 1 unspecified atom stereocenters. The van der Waals surface area contributed by atoms with Gasteiger partial charge in [-0.2, -0.15) is 0 Å². The first-order valence-corrected chi connectivity index (χ1v) is 25.9. The molecule has 0 aromatic heterocycles. The van der Waals surface area contributed by atoms with E-state index in [0.29, 0.717) is 57.8 Å². The van der Waals surface area contributed by atoms with Crippen LogP contribution in [0.3, 0.4) is 0 Å². The Kier molecular flexibility index (Phi) is 23.7. The van der Waals surface area contributed by atoms with E-state index in [-0.39, 0.29) is 55.1 Å². The third-order valence-electron chi connectivity index (χ3n) is 15.2. The highest BCUT2D eigenvalue weighted by Gasteiger charge is 2.53. The molecule has 17 heteroatoms. The van der Waals surface area contributed by atoms with Gasteiger partial charge in [-0.3, -0.25) is 28.8 Å². The zero-order valence-electron chi connectivity index (χ0n) is 44.2. The summed E-state index contributed by atoms with van der Waals surface area (Å²) < 4.78 is 35.2. The molecular formula is C55H83NO16. The quantitative estimate of drug-likeness (QED) is 0.139. The monoisotopic (exact) mass is 1010 g/mol. The lowest BCUT2D eigenvalue weighted by Crippen LogP contribution is -2.61. The molecule has 3 fully saturated rings. The Bertz CT molecular complexity index is 2010. The fourth-order valence-corrected chi connectivity index (χ4v) is 10.9. The van der Waals surface area contributed by atoms with Crippen molar-refractivity contribution >= 4 is 41.2 Å². The number of piperidine rings is 1. The Morgan fingerprint density at radius 3 is 2.19 bits per heavy atom. The average molecular weight is 1010 g/mol. The molecule has 0 spiro atoms. The average Bonchev–Trinajstić information content (AvgIpc) is 3.34. The van der Waals surface area contributed by atoms with Gasteiger partial charge < -0.3 is 48.6 Å². The SMILES string of the molecule is CO[C@H]1C[C@@H]2CC[C@@H](C)[C@@](O)(O2)C(=O)C(=O)N2CCCC[C@H]2C(=O)O[C@H]([C@H](C)C[C@@H]2CC[C@@H](OC(C)=O)[C@H](OC)C2)CC(=O)/C(C)=C/C(CO)[C@@H](OC(C)=O)[C@@H](CO)C(=O)[C@H](C)C[C@H](C)C=CC=CC=C1C. The van der Waals surface area contributed by atoms with E-state index in [1.165, 1.54) is 19.9 Å². The minimum Gasteiger partial charge on any atom is -0.461 e. The van der Waals surface area contributed by atoms with Crippen molar-refractivity contribution < 1.29 is 77.3 Å². The van der Waals surface area contributed by atoms with Crippen molar-refractivity contribution in [1.29, 1.82) is 0 Å². The molecule has 1 saturated carbocycles. The second-order valence-corrected chi connectivity index (χ2v) is 20.9. The minimum atomic E-state index is -2.48. The Labute approximate surface area is 426 Å². The van der Waals surface area contributed by atoms with Crippen LogP contribution in [0.25, 0.3) is 0 Å². The summed E-state index contributed by atoms with van der Waals surface area (Å²) >= 11 is 0. The van der Waals surface area contributed by atoms with E-state index in [2.05, 4.69) is 0 Å². The van der Waals surface area contributed by atoms with Crippen LogP contribution >= 0.6 is 0 Å². The number of hydrogen-bond acceptors (Lipinski definition) is 16. The summed E-state index contributed by atoms with van der Waals surface area (Å²) in [5, 5.41) is 33.4. The second-order valence-electron chi connectivity index (χ2n) is 20.9. The van der Waals surface area contributed by atoms with E-state index in [9.17, 15) is 48.9 Å². The summed E-state index contributed by atoms with van der Waals surface area (Å²) in [4.78, 5) is 97.2. The van der Waals surface area contributed by atoms with E-state index in [4.69, 9.17) is 28.4 Å². The Hall–Kier alpha value is -4.39. The van der Waals surface area contributed by atoms with Crippen LogP contribution in [0.5, 0.6) is 0 Å². The smallest absolute Gasteiger partial charge is 0.329 e. The minimum absolute atomic E-state index is 0.0118. The first-order chi connectivity index (χ1) is 34.1. The topological polar surface area (TPSA) is 239 Å². The highest BCUT2D eigenvalue weighted by atomic mass is 16.6. The fraction of sp³-hybridized carbons (Fsp3) is 0.727. The van der Waals surface area contributed by atoms with Crippen molar-refractivity contribution in [2.75, 3.05) is 34.0 Å². The van der Waals surface area contributed by atoms with Crippen LogP contribution in [0, 0.1) is 41.4 Å². The molecule has 2 bridgehead atoms. The summed E-state index contributed by atoms with van der Waals surface area (Å²) in [5.41, 5.74) is 0.953. The molecule has 17 nitrogen and oxygen atoms in total. The molecule has 0 radical (unpaired) electrons. The van der Waals surface area contributed by atoms with Crippen LogP contribution in [0.2, 0.25) is 0 Å². The molecule has 1 aliphatic carbocycles. The van der Waals surface area contributed by atoms with Crippen molar-refractivity contribution in [3.05, 3.63) is 47.6 Å². The fourth-order valence-electron chi connectivity index (χ4n) is 10.9. The maximum absolute atomic E-state index is 14.5. The highest BCUT2D eigenvalue weighted by Crippen LogP contribution is 2.38. The lowest BCUT2D eigenvalue weighted by Gasteiger charge is -2.42. The number of nitrogens with zero attached hydrogens (tertiary/aromatic N) is 1. The van der Waals surface area contributed by atoms with Crippen LogP contribution in [-0.2, 0) is 62.0 Å². The number of allylic oxidation sites excluding steroid dienone is 6. The molecule has 72 heavy (non-hydrogen) atoms. The van der Waals surface area contributed by atoms with E-state index in [1.54, 1.807) is 28.1 Å². The van der Waals surface area contributed by atoms with Crippen LogP contribution < -0.4 is 0 Å². The number of Topliss-reactive ketones (excluding diaryl/α,β-unsaturated/α-hetero) is 3. The first kappa shape index (κ1) is 60.2. The molecule has 0 aromatic carbocycles. The lowest BCUT2D eigenvalue weighted by atomic mass is 9.78. The summed E-state index contributed by atoms with van der Waals surface area (Å²) in [6, 6.07) is -1.22. The molecular weight excluding hydrogens is 931 g/mol. The number of hydrogen-bond donors (Lipinski definition) is 3. The van der Waals surface area contributed by atoms with Gasteiger partial charge in [-0.25, -0.2) is 4.79 Å². The third-order valence-corrected chi connectivity index (χ3v) is 15.2. The number of aliphatic hydroxyl groups excluding tert-OH is 2. The van der Waals surface area contributed by atoms with Gasteiger partial charge in [0.15, 0.2) is 5.78 Å². The summed E-state index contributed by atoms with van der Waals surface area (Å²) in [6.45, 7) is 11.7. The molecule has 4 rings (SSSR count). The van der Waals surface area contributed by atoms with Gasteiger partial charge in [-0.1, -0.05) is 64.2 Å². The maximum atomic E-state index is 14.5. The molecule has 3 aliphatic heterocycles. The van der Waals surface area contributed by atoms with Crippen molar-refractivity contribution in [3.63, 3.8) is 0 Å². The van der Waals surface area contributed by atoms with Crippen molar-refractivity contribution in [1.82, 2.24) is 4.90 Å². The first-order valence-electron chi connectivity index (χ1n) is 25.9. The number of aliphatic hydroxyl groups is 3. The van der Waals surface area contributed by atoms with Crippen molar-refractivity contribution in [2.45, 2.75) is 181 Å². The third kappa shape index (κ3) is 16.3. The predicted octanol–water partition coefficient (Wildman–Crippen LogP) is 5.89. The molecule has 15 atom stereocenters. The Morgan fingerprint density at radius 1 is 0.847 bits per heavy atom. The number of carbonyl (C=O) groups excluding carboxylic acids is 7. The van der Waals surface area contributed by atoms with Gasteiger partial charge in [0.2, 0.25) is 5.79 Å². The van der Waals surface area contributed by atoms with Crippen LogP contribution in [0.1, 0.15) is 132 Å². The van der Waals surface area contributed by atoms with Gasteiger partial charge in [0, 0.05) is 65.2 Å². The summed E-state index contributed by atoms with van der Waals surface area (Å²) in [6.07, 6.45) is 10.9. The number of methoxy groups -OCH3 is 2. The second kappa shape index (κ2) is 28.3. The number of esters is 3. The number of ketones is 3. The number of amides is 1. The largest absolute Gasteiger partial charge is 0.461 e. The van der Waals surface area contributed by atoms with Crippen LogP contribution in [0.15, 0.2) is 47.6 Å². The normalized spacial score (nSPS) is 35.8. The molecule has 3 heterocycles. The van der Waals surface area contributed by atoms with Gasteiger partial charge in [-0.05, 0) is 107 Å². The number of fused-ring (bicyclic) bond motifs is 3. The number of rotatable bonds is 9. The summed E-state index contributed by atoms with van der Waals surface area (Å²) in [7, 11) is 3.10.